The zero-order valence-electron chi connectivity index (χ0n) is 12.9. The van der Waals surface area contributed by atoms with Gasteiger partial charge in [0, 0.05) is 19.2 Å². The van der Waals surface area contributed by atoms with Crippen molar-refractivity contribution in [2.75, 3.05) is 0 Å². The minimum Gasteiger partial charge on any atom is -0.444 e. The van der Waals surface area contributed by atoms with Gasteiger partial charge in [0.1, 0.15) is 11.4 Å². The largest absolute Gasteiger partial charge is 0.444 e. The van der Waals surface area contributed by atoms with E-state index in [1.165, 1.54) is 53.3 Å². The second-order valence-electron chi connectivity index (χ2n) is 5.10. The van der Waals surface area contributed by atoms with Crippen LogP contribution in [0.4, 0.5) is 10.5 Å². The van der Waals surface area contributed by atoms with Gasteiger partial charge < -0.3 is 4.74 Å². The van der Waals surface area contributed by atoms with Gasteiger partial charge in [0.05, 0.1) is 10.3 Å². The SMILES string of the molecule is Cn1c(=O)n(C(=O)OCc2ccc([N+](=O)[O-])cc2)c(=O)c2ccsc21. The maximum absolute atomic E-state index is 12.3. The van der Waals surface area contributed by atoms with Crippen molar-refractivity contribution in [1.29, 1.82) is 0 Å². The molecule has 0 spiro atoms. The van der Waals surface area contributed by atoms with Gasteiger partial charge in [-0.2, -0.15) is 4.57 Å². The molecule has 3 aromatic rings. The molecule has 0 atom stereocenters. The van der Waals surface area contributed by atoms with Crippen LogP contribution in [0.15, 0.2) is 45.3 Å². The summed E-state index contributed by atoms with van der Waals surface area (Å²) in [5, 5.41) is 12.5. The van der Waals surface area contributed by atoms with Crippen LogP contribution in [0.2, 0.25) is 0 Å². The number of aryl methyl sites for hydroxylation is 1. The van der Waals surface area contributed by atoms with E-state index in [-0.39, 0.29) is 17.7 Å². The van der Waals surface area contributed by atoms with Crippen molar-refractivity contribution in [3.63, 3.8) is 0 Å². The van der Waals surface area contributed by atoms with E-state index in [9.17, 15) is 24.5 Å². The molecule has 0 aliphatic carbocycles. The highest BCUT2D eigenvalue weighted by Gasteiger charge is 2.18. The summed E-state index contributed by atoms with van der Waals surface area (Å²) in [6, 6.07) is 6.92. The van der Waals surface area contributed by atoms with Gasteiger partial charge in [-0.1, -0.05) is 0 Å². The van der Waals surface area contributed by atoms with E-state index in [1.54, 1.807) is 5.38 Å². The first-order valence-electron chi connectivity index (χ1n) is 7.00. The minimum absolute atomic E-state index is 0.0944. The highest BCUT2D eigenvalue weighted by atomic mass is 32.1. The van der Waals surface area contributed by atoms with Gasteiger partial charge in [-0.25, -0.2) is 9.59 Å². The van der Waals surface area contributed by atoms with Crippen molar-refractivity contribution in [1.82, 2.24) is 9.13 Å². The lowest BCUT2D eigenvalue weighted by atomic mass is 10.2. The number of nitro groups is 1. The number of rotatable bonds is 3. The molecule has 0 saturated heterocycles. The van der Waals surface area contributed by atoms with Crippen LogP contribution in [0, 0.1) is 10.1 Å². The highest BCUT2D eigenvalue weighted by Crippen LogP contribution is 2.15. The van der Waals surface area contributed by atoms with Crippen LogP contribution in [0.3, 0.4) is 0 Å². The summed E-state index contributed by atoms with van der Waals surface area (Å²) < 4.78 is 6.63. The average molecular weight is 361 g/mol. The zero-order valence-corrected chi connectivity index (χ0v) is 13.7. The number of carbonyl (C=O) groups is 1. The first-order chi connectivity index (χ1) is 11.9. The lowest BCUT2D eigenvalue weighted by Crippen LogP contribution is -2.43. The third kappa shape index (κ3) is 2.94. The fraction of sp³-hybridized carbons (Fsp3) is 0.133. The maximum Gasteiger partial charge on any atom is 0.425 e. The molecule has 25 heavy (non-hydrogen) atoms. The molecule has 3 rings (SSSR count). The Labute approximate surface area is 143 Å². The van der Waals surface area contributed by atoms with Crippen molar-refractivity contribution in [2.45, 2.75) is 6.61 Å². The number of benzene rings is 1. The summed E-state index contributed by atoms with van der Waals surface area (Å²) in [4.78, 5) is 47.2. The summed E-state index contributed by atoms with van der Waals surface area (Å²) >= 11 is 1.22. The summed E-state index contributed by atoms with van der Waals surface area (Å²) in [6.45, 7) is -0.228. The first kappa shape index (κ1) is 16.6. The summed E-state index contributed by atoms with van der Waals surface area (Å²) in [5.41, 5.74) is -1.15. The molecule has 0 unspecified atom stereocenters. The number of hydrogen-bond donors (Lipinski definition) is 0. The van der Waals surface area contributed by atoms with Gasteiger partial charge in [-0.05, 0) is 29.1 Å². The van der Waals surface area contributed by atoms with Gasteiger partial charge in [0.2, 0.25) is 0 Å². The fourth-order valence-corrected chi connectivity index (χ4v) is 3.10. The smallest absolute Gasteiger partial charge is 0.425 e. The summed E-state index contributed by atoms with van der Waals surface area (Å²) in [5.74, 6) is 0. The molecule has 0 aliphatic rings. The Morgan fingerprint density at radius 1 is 1.24 bits per heavy atom. The normalized spacial score (nSPS) is 10.8. The molecule has 0 bridgehead atoms. The molecule has 0 amide bonds. The number of aromatic nitrogens is 2. The number of hydrogen-bond acceptors (Lipinski definition) is 7. The molecule has 2 aromatic heterocycles. The van der Waals surface area contributed by atoms with Crippen LogP contribution < -0.4 is 11.2 Å². The first-order valence-corrected chi connectivity index (χ1v) is 7.88. The minimum atomic E-state index is -1.10. The van der Waals surface area contributed by atoms with Crippen LogP contribution >= 0.6 is 11.3 Å². The Hall–Kier alpha value is -3.27. The van der Waals surface area contributed by atoms with E-state index in [0.717, 1.165) is 0 Å². The van der Waals surface area contributed by atoms with Crippen molar-refractivity contribution in [3.05, 3.63) is 72.2 Å². The lowest BCUT2D eigenvalue weighted by molar-refractivity contribution is -0.384. The van der Waals surface area contributed by atoms with Crippen LogP contribution in [-0.2, 0) is 18.4 Å². The molecule has 0 fully saturated rings. The van der Waals surface area contributed by atoms with Gasteiger partial charge in [-0.3, -0.25) is 19.5 Å². The molecule has 2 heterocycles. The Bertz CT molecular complexity index is 1090. The third-order valence-corrected chi connectivity index (χ3v) is 4.54. The average Bonchev–Trinajstić information content (AvgIpc) is 3.09. The second-order valence-corrected chi connectivity index (χ2v) is 5.99. The predicted octanol–water partition coefficient (Wildman–Crippen LogP) is 1.85. The lowest BCUT2D eigenvalue weighted by Gasteiger charge is -2.08. The number of fused-ring (bicyclic) bond motifs is 1. The van der Waals surface area contributed by atoms with Crippen LogP contribution in [0.5, 0.6) is 0 Å². The van der Waals surface area contributed by atoms with Crippen LogP contribution in [0.1, 0.15) is 5.56 Å². The number of ether oxygens (including phenoxy) is 1. The van der Waals surface area contributed by atoms with Gasteiger partial charge in [0.25, 0.3) is 11.2 Å². The number of non-ortho nitro benzene ring substituents is 1. The monoisotopic (exact) mass is 361 g/mol. The highest BCUT2D eigenvalue weighted by molar-refractivity contribution is 7.16. The van der Waals surface area contributed by atoms with E-state index in [4.69, 9.17) is 4.74 Å². The molecular weight excluding hydrogens is 350 g/mol. The molecule has 1 aromatic carbocycles. The predicted molar refractivity (Wildman–Crippen MR) is 90.0 cm³/mol. The van der Waals surface area contributed by atoms with Crippen molar-refractivity contribution >= 4 is 33.3 Å². The molecule has 10 heteroatoms. The standard InChI is InChI=1S/C15H11N3O6S/c1-16-13-11(6-7-25-13)12(19)17(14(16)20)15(21)24-8-9-2-4-10(5-3-9)18(22)23/h2-7H,8H2,1H3. The zero-order chi connectivity index (χ0) is 18.1. The molecule has 9 nitrogen and oxygen atoms in total. The quantitative estimate of drug-likeness (QED) is 0.520. The van der Waals surface area contributed by atoms with Crippen LogP contribution in [0.25, 0.3) is 10.2 Å². The van der Waals surface area contributed by atoms with Crippen molar-refractivity contribution in [2.24, 2.45) is 7.05 Å². The summed E-state index contributed by atoms with van der Waals surface area (Å²) in [7, 11) is 1.46. The Kier molecular flexibility index (Phi) is 4.19. The number of carbonyl (C=O) groups excluding carboxylic acids is 1. The molecular formula is C15H11N3O6S. The summed E-state index contributed by atoms with van der Waals surface area (Å²) in [6.07, 6.45) is -1.10. The Morgan fingerprint density at radius 3 is 2.56 bits per heavy atom. The molecule has 128 valence electrons. The Morgan fingerprint density at radius 2 is 1.92 bits per heavy atom. The van der Waals surface area contributed by atoms with E-state index < -0.39 is 22.3 Å². The number of nitrogens with zero attached hydrogens (tertiary/aromatic N) is 3. The molecule has 0 radical (unpaired) electrons. The van der Waals surface area contributed by atoms with Crippen molar-refractivity contribution < 1.29 is 14.5 Å². The van der Waals surface area contributed by atoms with Gasteiger partial charge in [0.15, 0.2) is 0 Å². The van der Waals surface area contributed by atoms with E-state index in [2.05, 4.69) is 0 Å². The Balaban J connectivity index is 1.87. The van der Waals surface area contributed by atoms with Gasteiger partial charge in [-0.15, -0.1) is 11.3 Å². The molecule has 0 N–H and O–H groups in total. The number of nitro benzene ring substituents is 1. The van der Waals surface area contributed by atoms with E-state index in [0.29, 0.717) is 15.0 Å². The topological polar surface area (TPSA) is 113 Å². The van der Waals surface area contributed by atoms with E-state index in [1.807, 2.05) is 0 Å². The second kappa shape index (κ2) is 6.32. The van der Waals surface area contributed by atoms with Crippen LogP contribution in [-0.4, -0.2) is 20.2 Å². The fourth-order valence-electron chi connectivity index (χ4n) is 2.25. The molecule has 0 aliphatic heterocycles. The molecule has 0 saturated carbocycles. The third-order valence-electron chi connectivity index (χ3n) is 3.55. The maximum atomic E-state index is 12.3. The van der Waals surface area contributed by atoms with E-state index >= 15 is 0 Å². The van der Waals surface area contributed by atoms with Gasteiger partial charge >= 0.3 is 11.8 Å². The van der Waals surface area contributed by atoms with Crippen molar-refractivity contribution in [3.8, 4) is 0 Å². The number of thiophene rings is 1.